The van der Waals surface area contributed by atoms with Crippen LogP contribution in [0.4, 0.5) is 5.69 Å². The lowest BCUT2D eigenvalue weighted by atomic mass is 10.2. The minimum Gasteiger partial charge on any atom is -0.455 e. The van der Waals surface area contributed by atoms with E-state index in [1.807, 2.05) is 55.5 Å². The Morgan fingerprint density at radius 3 is 2.52 bits per heavy atom. The Hall–Kier alpha value is -2.37. The van der Waals surface area contributed by atoms with Crippen molar-refractivity contribution in [2.24, 2.45) is 0 Å². The largest absolute Gasteiger partial charge is 0.455 e. The Bertz CT molecular complexity index is 631. The molecule has 1 amide bonds. The number of nitrogens with one attached hydrogen (secondary N) is 1. The molecule has 0 saturated heterocycles. The van der Waals surface area contributed by atoms with Crippen molar-refractivity contribution in [3.63, 3.8) is 0 Å². The van der Waals surface area contributed by atoms with Gasteiger partial charge in [-0.1, -0.05) is 30.3 Å². The molecule has 1 unspecified atom stereocenters. The molecule has 2 N–H and O–H groups in total. The van der Waals surface area contributed by atoms with Crippen molar-refractivity contribution in [2.45, 2.75) is 13.0 Å². The molecule has 0 heterocycles. The molecule has 5 heteroatoms. The average Bonchev–Trinajstić information content (AvgIpc) is 2.56. The number of anilines is 1. The lowest BCUT2D eigenvalue weighted by Crippen LogP contribution is -2.38. The molecule has 0 saturated carbocycles. The first-order chi connectivity index (χ1) is 11.1. The number of aliphatic hydroxyl groups excluding tert-OH is 1. The highest BCUT2D eigenvalue weighted by Gasteiger charge is 2.14. The maximum absolute atomic E-state index is 12.2. The van der Waals surface area contributed by atoms with Gasteiger partial charge in [0.15, 0.2) is 5.75 Å². The lowest BCUT2D eigenvalue weighted by molar-refractivity contribution is -0.117. The molecule has 0 bridgehead atoms. The van der Waals surface area contributed by atoms with Gasteiger partial charge in [-0.2, -0.15) is 0 Å². The molecular formula is C18H22N2O3. The maximum atomic E-state index is 12.2. The van der Waals surface area contributed by atoms with Gasteiger partial charge in [0.2, 0.25) is 5.91 Å². The lowest BCUT2D eigenvalue weighted by Gasteiger charge is -2.22. The molecule has 0 aliphatic heterocycles. The van der Waals surface area contributed by atoms with E-state index in [-0.39, 0.29) is 25.1 Å². The topological polar surface area (TPSA) is 61.8 Å². The van der Waals surface area contributed by atoms with Gasteiger partial charge in [-0.3, -0.25) is 9.69 Å². The summed E-state index contributed by atoms with van der Waals surface area (Å²) in [5.74, 6) is 1.14. The molecule has 0 spiro atoms. The Kier molecular flexibility index (Phi) is 6.14. The highest BCUT2D eigenvalue weighted by molar-refractivity contribution is 5.93. The minimum absolute atomic E-state index is 0.0114. The smallest absolute Gasteiger partial charge is 0.238 e. The third kappa shape index (κ3) is 5.09. The molecule has 0 aliphatic carbocycles. The molecule has 122 valence electrons. The maximum Gasteiger partial charge on any atom is 0.238 e. The standard InChI is InChI=1S/C18H22N2O3/c1-14(13-21)20(2)12-18(22)19-16-10-6-7-11-17(16)23-15-8-4-3-5-9-15/h3-11,14,21H,12-13H2,1-2H3,(H,19,22). The number of amides is 1. The van der Waals surface area contributed by atoms with Crippen molar-refractivity contribution in [1.82, 2.24) is 4.90 Å². The van der Waals surface area contributed by atoms with Gasteiger partial charge in [-0.15, -0.1) is 0 Å². The number of para-hydroxylation sites is 3. The van der Waals surface area contributed by atoms with E-state index in [0.717, 1.165) is 0 Å². The molecule has 0 aromatic heterocycles. The number of nitrogens with zero attached hydrogens (tertiary/aromatic N) is 1. The average molecular weight is 314 g/mol. The summed E-state index contributed by atoms with van der Waals surface area (Å²) < 4.78 is 5.82. The summed E-state index contributed by atoms with van der Waals surface area (Å²) in [6.45, 7) is 2.07. The van der Waals surface area contributed by atoms with Gasteiger partial charge in [0.1, 0.15) is 5.75 Å². The van der Waals surface area contributed by atoms with E-state index in [0.29, 0.717) is 17.2 Å². The number of aliphatic hydroxyl groups is 1. The van der Waals surface area contributed by atoms with Gasteiger partial charge in [0, 0.05) is 6.04 Å². The predicted molar refractivity (Wildman–Crippen MR) is 90.8 cm³/mol. The zero-order valence-electron chi connectivity index (χ0n) is 13.4. The van der Waals surface area contributed by atoms with Crippen molar-refractivity contribution in [3.8, 4) is 11.5 Å². The van der Waals surface area contributed by atoms with Crippen LogP contribution < -0.4 is 10.1 Å². The second-order valence-electron chi connectivity index (χ2n) is 5.41. The van der Waals surface area contributed by atoms with Gasteiger partial charge >= 0.3 is 0 Å². The van der Waals surface area contributed by atoms with Crippen LogP contribution in [0.5, 0.6) is 11.5 Å². The fourth-order valence-electron chi connectivity index (χ4n) is 1.99. The monoisotopic (exact) mass is 314 g/mol. The van der Waals surface area contributed by atoms with E-state index >= 15 is 0 Å². The number of carbonyl (C=O) groups is 1. The molecule has 2 aromatic carbocycles. The van der Waals surface area contributed by atoms with Crippen molar-refractivity contribution in [3.05, 3.63) is 54.6 Å². The number of benzene rings is 2. The van der Waals surface area contributed by atoms with Crippen LogP contribution in [0.1, 0.15) is 6.92 Å². The fourth-order valence-corrected chi connectivity index (χ4v) is 1.99. The molecule has 5 nitrogen and oxygen atoms in total. The first-order valence-electron chi connectivity index (χ1n) is 7.53. The summed E-state index contributed by atoms with van der Waals surface area (Å²) in [6.07, 6.45) is 0. The van der Waals surface area contributed by atoms with Gasteiger partial charge < -0.3 is 15.2 Å². The first kappa shape index (κ1) is 17.0. The summed E-state index contributed by atoms with van der Waals surface area (Å²) in [6, 6.07) is 16.6. The third-order valence-electron chi connectivity index (χ3n) is 3.54. The molecule has 23 heavy (non-hydrogen) atoms. The quantitative estimate of drug-likeness (QED) is 0.825. The molecule has 0 aliphatic rings. The fraction of sp³-hybridized carbons (Fsp3) is 0.278. The summed E-state index contributed by atoms with van der Waals surface area (Å²) in [5, 5.41) is 12.0. The molecule has 0 radical (unpaired) electrons. The number of rotatable bonds is 7. The number of likely N-dealkylation sites (N-methyl/N-ethyl adjacent to an activating group) is 1. The van der Waals surface area contributed by atoms with Crippen LogP contribution in [-0.4, -0.2) is 42.2 Å². The van der Waals surface area contributed by atoms with Crippen LogP contribution in [0.25, 0.3) is 0 Å². The van der Waals surface area contributed by atoms with E-state index < -0.39 is 0 Å². The van der Waals surface area contributed by atoms with Crippen LogP contribution >= 0.6 is 0 Å². The summed E-state index contributed by atoms with van der Waals surface area (Å²) in [7, 11) is 1.80. The number of ether oxygens (including phenoxy) is 1. The Labute approximate surface area is 136 Å². The Balaban J connectivity index is 2.04. The second kappa shape index (κ2) is 8.31. The van der Waals surface area contributed by atoms with Crippen LogP contribution in [0.15, 0.2) is 54.6 Å². The zero-order chi connectivity index (χ0) is 16.7. The molecule has 2 aromatic rings. The van der Waals surface area contributed by atoms with Crippen LogP contribution in [-0.2, 0) is 4.79 Å². The second-order valence-corrected chi connectivity index (χ2v) is 5.41. The van der Waals surface area contributed by atoms with Crippen LogP contribution in [0.3, 0.4) is 0 Å². The van der Waals surface area contributed by atoms with E-state index in [2.05, 4.69) is 5.32 Å². The Morgan fingerprint density at radius 1 is 1.17 bits per heavy atom. The van der Waals surface area contributed by atoms with E-state index in [4.69, 9.17) is 9.84 Å². The van der Waals surface area contributed by atoms with Crippen molar-refractivity contribution >= 4 is 11.6 Å². The summed E-state index contributed by atoms with van der Waals surface area (Å²) in [4.78, 5) is 13.9. The van der Waals surface area contributed by atoms with Gasteiger partial charge in [-0.25, -0.2) is 0 Å². The van der Waals surface area contributed by atoms with Crippen molar-refractivity contribution in [2.75, 3.05) is 25.5 Å². The normalized spacial score (nSPS) is 12.0. The third-order valence-corrected chi connectivity index (χ3v) is 3.54. The summed E-state index contributed by atoms with van der Waals surface area (Å²) >= 11 is 0. The minimum atomic E-state index is -0.156. The zero-order valence-corrected chi connectivity index (χ0v) is 13.4. The molecular weight excluding hydrogens is 292 g/mol. The van der Waals surface area contributed by atoms with Gasteiger partial charge in [0.05, 0.1) is 18.8 Å². The van der Waals surface area contributed by atoms with E-state index in [1.54, 1.807) is 18.0 Å². The van der Waals surface area contributed by atoms with Crippen LogP contribution in [0.2, 0.25) is 0 Å². The summed E-state index contributed by atoms with van der Waals surface area (Å²) in [5.41, 5.74) is 0.617. The number of hydrogen-bond donors (Lipinski definition) is 2. The number of carbonyl (C=O) groups excluding carboxylic acids is 1. The first-order valence-corrected chi connectivity index (χ1v) is 7.53. The number of hydrogen-bond acceptors (Lipinski definition) is 4. The molecule has 1 atom stereocenters. The van der Waals surface area contributed by atoms with Gasteiger partial charge in [-0.05, 0) is 38.2 Å². The highest BCUT2D eigenvalue weighted by atomic mass is 16.5. The molecule has 2 rings (SSSR count). The van der Waals surface area contributed by atoms with Crippen LogP contribution in [0, 0.1) is 0 Å². The SMILES string of the molecule is CC(CO)N(C)CC(=O)Nc1ccccc1Oc1ccccc1. The highest BCUT2D eigenvalue weighted by Crippen LogP contribution is 2.28. The van der Waals surface area contributed by atoms with Gasteiger partial charge in [0.25, 0.3) is 0 Å². The van der Waals surface area contributed by atoms with E-state index in [1.165, 1.54) is 0 Å². The molecule has 0 fully saturated rings. The predicted octanol–water partition coefficient (Wildman–Crippen LogP) is 2.73. The van der Waals surface area contributed by atoms with E-state index in [9.17, 15) is 4.79 Å². The van der Waals surface area contributed by atoms with Crippen molar-refractivity contribution < 1.29 is 14.6 Å². The van der Waals surface area contributed by atoms with Crippen molar-refractivity contribution in [1.29, 1.82) is 0 Å². The Morgan fingerprint density at radius 2 is 1.83 bits per heavy atom.